The highest BCUT2D eigenvalue weighted by molar-refractivity contribution is 9.10. The Balaban J connectivity index is 2.35. The van der Waals surface area contributed by atoms with E-state index in [1.165, 1.54) is 18.2 Å². The van der Waals surface area contributed by atoms with Gasteiger partial charge in [0, 0.05) is 10.0 Å². The lowest BCUT2D eigenvalue weighted by Crippen LogP contribution is -2.11. The molecule has 2 aromatic carbocycles. The Bertz CT molecular complexity index is 646. The van der Waals surface area contributed by atoms with Gasteiger partial charge in [-0.2, -0.15) is 5.26 Å². The maximum absolute atomic E-state index is 13.2. The monoisotopic (exact) mass is 317 g/mol. The number of nitrogens with zero attached hydrogens (tertiary/aromatic N) is 1. The van der Waals surface area contributed by atoms with Gasteiger partial charge in [0.1, 0.15) is 11.7 Å². The molecule has 2 nitrogen and oxygen atoms in total. The molecule has 0 bridgehead atoms. The molecule has 94 valence electrons. The lowest BCUT2D eigenvalue weighted by Gasteiger charge is -2.08. The van der Waals surface area contributed by atoms with Crippen LogP contribution in [0.15, 0.2) is 53.0 Å². The van der Waals surface area contributed by atoms with E-state index >= 15 is 0 Å². The molecule has 0 heterocycles. The number of Topliss-reactive ketones (excluding diaryl/α,β-unsaturated/α-hetero) is 1. The predicted molar refractivity (Wildman–Crippen MR) is 73.2 cm³/mol. The highest BCUT2D eigenvalue weighted by Gasteiger charge is 2.21. The van der Waals surface area contributed by atoms with Gasteiger partial charge in [-0.3, -0.25) is 4.79 Å². The molecule has 0 saturated carbocycles. The molecule has 0 saturated heterocycles. The molecule has 0 amide bonds. The first-order valence-corrected chi connectivity index (χ1v) is 6.36. The molecule has 0 aliphatic rings. The second kappa shape index (κ2) is 5.77. The van der Waals surface area contributed by atoms with Crippen molar-refractivity contribution in [2.45, 2.75) is 5.92 Å². The van der Waals surface area contributed by atoms with E-state index in [1.54, 1.807) is 30.3 Å². The van der Waals surface area contributed by atoms with E-state index in [0.717, 1.165) is 4.47 Å². The van der Waals surface area contributed by atoms with E-state index in [1.807, 2.05) is 6.07 Å². The summed E-state index contributed by atoms with van der Waals surface area (Å²) in [5, 5.41) is 9.15. The largest absolute Gasteiger partial charge is 0.292 e. The third-order valence-electron chi connectivity index (χ3n) is 2.70. The summed E-state index contributed by atoms with van der Waals surface area (Å²) >= 11 is 3.28. The van der Waals surface area contributed by atoms with Crippen LogP contribution in [0.25, 0.3) is 0 Å². The topological polar surface area (TPSA) is 40.9 Å². The Hall–Kier alpha value is -1.99. The number of nitriles is 1. The zero-order valence-corrected chi connectivity index (χ0v) is 11.4. The zero-order valence-electron chi connectivity index (χ0n) is 9.81. The summed E-state index contributed by atoms with van der Waals surface area (Å²) in [4.78, 5) is 12.2. The van der Waals surface area contributed by atoms with Crippen LogP contribution in [0.2, 0.25) is 0 Å². The molecule has 2 aromatic rings. The lowest BCUT2D eigenvalue weighted by molar-refractivity contribution is 0.0979. The molecule has 0 spiro atoms. The standard InChI is InChI=1S/C15H9BrFNO/c16-12-6-4-10(5-7-12)15(19)14(9-18)11-2-1-3-13(17)8-11/h1-8,14H. The fourth-order valence-corrected chi connectivity index (χ4v) is 2.02. The van der Waals surface area contributed by atoms with Crippen molar-refractivity contribution < 1.29 is 9.18 Å². The third kappa shape index (κ3) is 3.07. The molecule has 19 heavy (non-hydrogen) atoms. The first kappa shape index (κ1) is 13.4. The minimum absolute atomic E-state index is 0.333. The number of carbonyl (C=O) groups is 1. The first-order valence-electron chi connectivity index (χ1n) is 5.56. The van der Waals surface area contributed by atoms with E-state index in [9.17, 15) is 9.18 Å². The van der Waals surface area contributed by atoms with Gasteiger partial charge in [0.25, 0.3) is 0 Å². The van der Waals surface area contributed by atoms with Crippen LogP contribution in [0.4, 0.5) is 4.39 Å². The van der Waals surface area contributed by atoms with Crippen LogP contribution in [0.3, 0.4) is 0 Å². The van der Waals surface area contributed by atoms with Gasteiger partial charge >= 0.3 is 0 Å². The van der Waals surface area contributed by atoms with Crippen molar-refractivity contribution in [1.82, 2.24) is 0 Å². The summed E-state index contributed by atoms with van der Waals surface area (Å²) in [6.45, 7) is 0. The fraction of sp³-hybridized carbons (Fsp3) is 0.0667. The molecular formula is C15H9BrFNO. The first-order chi connectivity index (χ1) is 9.11. The van der Waals surface area contributed by atoms with Gasteiger partial charge in [-0.15, -0.1) is 0 Å². The second-order valence-corrected chi connectivity index (χ2v) is 4.90. The Morgan fingerprint density at radius 1 is 1.21 bits per heavy atom. The zero-order chi connectivity index (χ0) is 13.8. The molecule has 0 radical (unpaired) electrons. The SMILES string of the molecule is N#CC(C(=O)c1ccc(Br)cc1)c1cccc(F)c1. The van der Waals surface area contributed by atoms with Crippen LogP contribution >= 0.6 is 15.9 Å². The van der Waals surface area contributed by atoms with Gasteiger partial charge in [-0.25, -0.2) is 4.39 Å². The van der Waals surface area contributed by atoms with E-state index in [-0.39, 0.29) is 5.78 Å². The molecule has 0 aliphatic carbocycles. The summed E-state index contributed by atoms with van der Waals surface area (Å²) in [5.41, 5.74) is 0.800. The Morgan fingerprint density at radius 2 is 1.89 bits per heavy atom. The maximum Gasteiger partial charge on any atom is 0.184 e. The van der Waals surface area contributed by atoms with Gasteiger partial charge in [0.2, 0.25) is 0 Å². The molecule has 0 N–H and O–H groups in total. The van der Waals surface area contributed by atoms with Crippen LogP contribution in [-0.2, 0) is 0 Å². The molecular weight excluding hydrogens is 309 g/mol. The second-order valence-electron chi connectivity index (χ2n) is 3.99. The summed E-state index contributed by atoms with van der Waals surface area (Å²) < 4.78 is 14.0. The molecule has 4 heteroatoms. The van der Waals surface area contributed by atoms with Crippen molar-refractivity contribution in [3.63, 3.8) is 0 Å². The highest BCUT2D eigenvalue weighted by Crippen LogP contribution is 2.22. The van der Waals surface area contributed by atoms with E-state index in [0.29, 0.717) is 11.1 Å². The lowest BCUT2D eigenvalue weighted by atomic mass is 9.92. The molecule has 2 rings (SSSR count). The predicted octanol–water partition coefficient (Wildman–Crippen LogP) is 4.08. The van der Waals surface area contributed by atoms with Crippen molar-refractivity contribution in [1.29, 1.82) is 5.26 Å². The van der Waals surface area contributed by atoms with E-state index in [4.69, 9.17) is 5.26 Å². The van der Waals surface area contributed by atoms with E-state index < -0.39 is 11.7 Å². The van der Waals surface area contributed by atoms with Gasteiger partial charge in [-0.05, 0) is 29.8 Å². The Kier molecular flexibility index (Phi) is 4.08. The number of benzene rings is 2. The normalized spacial score (nSPS) is 11.6. The van der Waals surface area contributed by atoms with Gasteiger partial charge in [-0.1, -0.05) is 40.2 Å². The molecule has 0 aromatic heterocycles. The average Bonchev–Trinajstić information content (AvgIpc) is 2.40. The van der Waals surface area contributed by atoms with Gasteiger partial charge in [0.15, 0.2) is 5.78 Å². The van der Waals surface area contributed by atoms with Crippen molar-refractivity contribution in [2.24, 2.45) is 0 Å². The number of rotatable bonds is 3. The minimum Gasteiger partial charge on any atom is -0.292 e. The quantitative estimate of drug-likeness (QED) is 0.800. The Morgan fingerprint density at radius 3 is 2.47 bits per heavy atom. The van der Waals surface area contributed by atoms with Crippen LogP contribution in [0, 0.1) is 17.1 Å². The average molecular weight is 318 g/mol. The van der Waals surface area contributed by atoms with Gasteiger partial charge < -0.3 is 0 Å². The summed E-state index contributed by atoms with van der Waals surface area (Å²) in [6.07, 6.45) is 0. The van der Waals surface area contributed by atoms with Crippen LogP contribution in [0.1, 0.15) is 21.8 Å². The summed E-state index contributed by atoms with van der Waals surface area (Å²) in [6, 6.07) is 14.2. The number of ketones is 1. The van der Waals surface area contributed by atoms with Gasteiger partial charge in [0.05, 0.1) is 6.07 Å². The number of halogens is 2. The molecule has 1 atom stereocenters. The number of carbonyl (C=O) groups excluding carboxylic acids is 1. The Labute approximate surface area is 118 Å². The maximum atomic E-state index is 13.2. The molecule has 0 fully saturated rings. The molecule has 1 unspecified atom stereocenters. The van der Waals surface area contributed by atoms with Crippen LogP contribution in [-0.4, -0.2) is 5.78 Å². The summed E-state index contributed by atoms with van der Waals surface area (Å²) in [5.74, 6) is -1.78. The van der Waals surface area contributed by atoms with Crippen molar-refractivity contribution in [2.75, 3.05) is 0 Å². The summed E-state index contributed by atoms with van der Waals surface area (Å²) in [7, 11) is 0. The molecule has 0 aliphatic heterocycles. The minimum atomic E-state index is -0.989. The van der Waals surface area contributed by atoms with E-state index in [2.05, 4.69) is 15.9 Å². The number of hydrogen-bond acceptors (Lipinski definition) is 2. The fourth-order valence-electron chi connectivity index (χ4n) is 1.75. The smallest absolute Gasteiger partial charge is 0.184 e. The van der Waals surface area contributed by atoms with Crippen molar-refractivity contribution >= 4 is 21.7 Å². The number of hydrogen-bond donors (Lipinski definition) is 0. The van der Waals surface area contributed by atoms with Crippen LogP contribution in [0.5, 0.6) is 0 Å². The highest BCUT2D eigenvalue weighted by atomic mass is 79.9. The third-order valence-corrected chi connectivity index (χ3v) is 3.23. The van der Waals surface area contributed by atoms with Crippen molar-refractivity contribution in [3.8, 4) is 6.07 Å². The van der Waals surface area contributed by atoms with Crippen molar-refractivity contribution in [3.05, 3.63) is 69.9 Å². The van der Waals surface area contributed by atoms with Crippen LogP contribution < -0.4 is 0 Å².